The zero-order valence-electron chi connectivity index (χ0n) is 18.5. The predicted molar refractivity (Wildman–Crippen MR) is 124 cm³/mol. The number of ether oxygens (including phenoxy) is 1. The number of halogens is 1. The average Bonchev–Trinajstić information content (AvgIpc) is 3.22. The summed E-state index contributed by atoms with van der Waals surface area (Å²) in [6.45, 7) is 6.13. The first-order chi connectivity index (χ1) is 15.1. The highest BCUT2D eigenvalue weighted by atomic mass is 35.5. The van der Waals surface area contributed by atoms with Gasteiger partial charge in [-0.1, -0.05) is 41.9 Å². The molecule has 1 aliphatic rings. The van der Waals surface area contributed by atoms with Crippen LogP contribution in [0.15, 0.2) is 48.5 Å². The van der Waals surface area contributed by atoms with Crippen molar-refractivity contribution in [2.45, 2.75) is 51.8 Å². The maximum absolute atomic E-state index is 13.0. The molecule has 1 heterocycles. The van der Waals surface area contributed by atoms with Crippen LogP contribution in [0.25, 0.3) is 0 Å². The second kappa shape index (κ2) is 10.0. The maximum Gasteiger partial charge on any atom is 0.410 e. The molecule has 1 saturated heterocycles. The van der Waals surface area contributed by atoms with E-state index in [0.29, 0.717) is 42.2 Å². The highest BCUT2D eigenvalue weighted by Gasteiger charge is 2.37. The Bertz CT molecular complexity index is 988. The van der Waals surface area contributed by atoms with Crippen LogP contribution in [-0.4, -0.2) is 41.0 Å². The molecule has 0 spiro atoms. The van der Waals surface area contributed by atoms with E-state index in [9.17, 15) is 14.4 Å². The van der Waals surface area contributed by atoms with Crippen LogP contribution in [0, 0.1) is 0 Å². The Morgan fingerprint density at radius 3 is 2.53 bits per heavy atom. The Morgan fingerprint density at radius 1 is 1.12 bits per heavy atom. The minimum atomic E-state index is -0.677. The normalized spacial score (nSPS) is 15.9. The van der Waals surface area contributed by atoms with Crippen LogP contribution in [0.3, 0.4) is 0 Å². The van der Waals surface area contributed by atoms with Crippen molar-refractivity contribution in [1.29, 1.82) is 0 Å². The van der Waals surface area contributed by atoms with Crippen molar-refractivity contribution < 1.29 is 19.1 Å². The van der Waals surface area contributed by atoms with Crippen LogP contribution < -0.4 is 10.6 Å². The number of carbonyl (C=O) groups excluding carboxylic acids is 3. The van der Waals surface area contributed by atoms with Crippen LogP contribution in [0.2, 0.25) is 5.02 Å². The molecule has 170 valence electrons. The molecule has 1 atom stereocenters. The quantitative estimate of drug-likeness (QED) is 0.686. The lowest BCUT2D eigenvalue weighted by Crippen LogP contribution is -2.45. The molecule has 0 aliphatic carbocycles. The highest BCUT2D eigenvalue weighted by molar-refractivity contribution is 6.31. The second-order valence-electron chi connectivity index (χ2n) is 8.68. The lowest BCUT2D eigenvalue weighted by molar-refractivity contribution is -0.120. The Balaban J connectivity index is 1.72. The van der Waals surface area contributed by atoms with Crippen LogP contribution in [-0.2, 0) is 16.1 Å². The van der Waals surface area contributed by atoms with Crippen LogP contribution in [0.5, 0.6) is 0 Å². The Hall–Kier alpha value is -3.06. The third-order valence-corrected chi connectivity index (χ3v) is 5.20. The lowest BCUT2D eigenvalue weighted by atomic mass is 10.1. The predicted octanol–water partition coefficient (Wildman–Crippen LogP) is 4.61. The van der Waals surface area contributed by atoms with Gasteiger partial charge < -0.3 is 15.4 Å². The first-order valence-electron chi connectivity index (χ1n) is 10.6. The van der Waals surface area contributed by atoms with Crippen LogP contribution in [0.4, 0.5) is 10.5 Å². The van der Waals surface area contributed by atoms with Crippen molar-refractivity contribution in [3.8, 4) is 0 Å². The van der Waals surface area contributed by atoms with E-state index in [4.69, 9.17) is 16.3 Å². The summed E-state index contributed by atoms with van der Waals surface area (Å²) in [5.41, 5.74) is 0.890. The summed E-state index contributed by atoms with van der Waals surface area (Å²) in [6.07, 6.45) is 0.681. The van der Waals surface area contributed by atoms with E-state index in [2.05, 4.69) is 10.6 Å². The molecule has 0 saturated carbocycles. The summed E-state index contributed by atoms with van der Waals surface area (Å²) in [5.74, 6) is -0.719. The molecular formula is C24H28ClN3O4. The summed E-state index contributed by atoms with van der Waals surface area (Å²) in [7, 11) is 0. The molecule has 3 amide bonds. The van der Waals surface area contributed by atoms with E-state index in [0.717, 1.165) is 5.56 Å². The van der Waals surface area contributed by atoms with Gasteiger partial charge in [0.05, 0.1) is 11.3 Å². The summed E-state index contributed by atoms with van der Waals surface area (Å²) < 4.78 is 5.43. The number of amides is 3. The van der Waals surface area contributed by atoms with Gasteiger partial charge in [-0.05, 0) is 57.4 Å². The second-order valence-corrected chi connectivity index (χ2v) is 9.12. The molecule has 1 unspecified atom stereocenters. The minimum absolute atomic E-state index is 0.292. The van der Waals surface area contributed by atoms with Crippen molar-refractivity contribution in [3.05, 3.63) is 64.7 Å². The summed E-state index contributed by atoms with van der Waals surface area (Å²) in [4.78, 5) is 39.8. The monoisotopic (exact) mass is 457 g/mol. The molecule has 2 aromatic rings. The fourth-order valence-corrected chi connectivity index (χ4v) is 3.66. The van der Waals surface area contributed by atoms with Gasteiger partial charge in [-0.3, -0.25) is 14.5 Å². The zero-order chi connectivity index (χ0) is 23.3. The first-order valence-corrected chi connectivity index (χ1v) is 10.9. The molecule has 32 heavy (non-hydrogen) atoms. The molecule has 3 rings (SSSR count). The molecule has 1 fully saturated rings. The Labute approximate surface area is 193 Å². The van der Waals surface area contributed by atoms with Gasteiger partial charge in [-0.25, -0.2) is 4.79 Å². The average molecular weight is 458 g/mol. The Morgan fingerprint density at radius 2 is 1.84 bits per heavy atom. The standard InChI is InChI=1S/C24H28ClN3O4/c1-24(2,3)32-23(31)28-13-7-10-20(28)22(30)27-19-14-17(25)11-12-18(19)21(29)26-15-16-8-5-4-6-9-16/h4-6,8-9,11-12,14,20H,7,10,13,15H2,1-3H3,(H,26,29)(H,27,30). The fourth-order valence-electron chi connectivity index (χ4n) is 3.49. The van der Waals surface area contributed by atoms with Crippen molar-refractivity contribution in [1.82, 2.24) is 10.2 Å². The van der Waals surface area contributed by atoms with E-state index in [-0.39, 0.29) is 11.8 Å². The van der Waals surface area contributed by atoms with Crippen molar-refractivity contribution >= 4 is 35.2 Å². The molecule has 8 heteroatoms. The van der Waals surface area contributed by atoms with Crippen molar-refractivity contribution in [2.24, 2.45) is 0 Å². The number of rotatable bonds is 5. The fraction of sp³-hybridized carbons (Fsp3) is 0.375. The van der Waals surface area contributed by atoms with E-state index >= 15 is 0 Å². The number of likely N-dealkylation sites (tertiary alicyclic amines) is 1. The van der Waals surface area contributed by atoms with E-state index < -0.39 is 17.7 Å². The van der Waals surface area contributed by atoms with Gasteiger partial charge in [0.2, 0.25) is 5.91 Å². The minimum Gasteiger partial charge on any atom is -0.444 e. The topological polar surface area (TPSA) is 87.7 Å². The summed E-state index contributed by atoms with van der Waals surface area (Å²) in [5, 5.41) is 6.02. The lowest BCUT2D eigenvalue weighted by Gasteiger charge is -2.28. The molecule has 2 aromatic carbocycles. The maximum atomic E-state index is 13.0. The van der Waals surface area contributed by atoms with Gasteiger partial charge in [0.1, 0.15) is 11.6 Å². The van der Waals surface area contributed by atoms with Gasteiger partial charge in [0.15, 0.2) is 0 Å². The van der Waals surface area contributed by atoms with E-state index in [1.807, 2.05) is 30.3 Å². The highest BCUT2D eigenvalue weighted by Crippen LogP contribution is 2.25. The molecule has 0 bridgehead atoms. The van der Waals surface area contributed by atoms with Gasteiger partial charge in [0, 0.05) is 18.1 Å². The Kier molecular flexibility index (Phi) is 7.40. The van der Waals surface area contributed by atoms with Gasteiger partial charge >= 0.3 is 6.09 Å². The van der Waals surface area contributed by atoms with Crippen molar-refractivity contribution in [2.75, 3.05) is 11.9 Å². The molecule has 2 N–H and O–H groups in total. The van der Waals surface area contributed by atoms with Gasteiger partial charge in [0.25, 0.3) is 5.91 Å². The van der Waals surface area contributed by atoms with Gasteiger partial charge in [-0.15, -0.1) is 0 Å². The number of carbonyl (C=O) groups is 3. The molecule has 7 nitrogen and oxygen atoms in total. The number of hydrogen-bond donors (Lipinski definition) is 2. The smallest absolute Gasteiger partial charge is 0.410 e. The molecule has 0 radical (unpaired) electrons. The first kappa shape index (κ1) is 23.6. The third kappa shape index (κ3) is 6.23. The van der Waals surface area contributed by atoms with E-state index in [1.54, 1.807) is 32.9 Å². The molecule has 0 aromatic heterocycles. The summed E-state index contributed by atoms with van der Waals surface area (Å²) in [6, 6.07) is 13.5. The SMILES string of the molecule is CC(C)(C)OC(=O)N1CCCC1C(=O)Nc1cc(Cl)ccc1C(=O)NCc1ccccc1. The van der Waals surface area contributed by atoms with E-state index in [1.165, 1.54) is 11.0 Å². The number of nitrogens with one attached hydrogen (secondary N) is 2. The van der Waals surface area contributed by atoms with Gasteiger partial charge in [-0.2, -0.15) is 0 Å². The number of anilines is 1. The number of hydrogen-bond acceptors (Lipinski definition) is 4. The zero-order valence-corrected chi connectivity index (χ0v) is 19.2. The van der Waals surface area contributed by atoms with Crippen molar-refractivity contribution in [3.63, 3.8) is 0 Å². The molecular weight excluding hydrogens is 430 g/mol. The number of nitrogens with zero attached hydrogens (tertiary/aromatic N) is 1. The largest absolute Gasteiger partial charge is 0.444 e. The number of benzene rings is 2. The molecule has 1 aliphatic heterocycles. The van der Waals surface area contributed by atoms with Crippen LogP contribution >= 0.6 is 11.6 Å². The third-order valence-electron chi connectivity index (χ3n) is 4.96. The van der Waals surface area contributed by atoms with Crippen LogP contribution in [0.1, 0.15) is 49.5 Å². The summed E-state index contributed by atoms with van der Waals surface area (Å²) >= 11 is 6.12.